The van der Waals surface area contributed by atoms with Crippen molar-refractivity contribution in [1.29, 1.82) is 0 Å². The lowest BCUT2D eigenvalue weighted by Gasteiger charge is -2.20. The van der Waals surface area contributed by atoms with Gasteiger partial charge in [0, 0.05) is 22.2 Å². The molecule has 0 bridgehead atoms. The van der Waals surface area contributed by atoms with E-state index in [1.807, 2.05) is 12.1 Å². The number of nitrogens with one attached hydrogen (secondary N) is 2. The van der Waals surface area contributed by atoms with Crippen LogP contribution in [0.3, 0.4) is 0 Å². The van der Waals surface area contributed by atoms with Gasteiger partial charge in [0.1, 0.15) is 0 Å². The van der Waals surface area contributed by atoms with E-state index in [9.17, 15) is 4.57 Å². The maximum atomic E-state index is 12.9. The Balaban J connectivity index is 2.62. The van der Waals surface area contributed by atoms with Crippen molar-refractivity contribution in [2.75, 3.05) is 16.8 Å². The summed E-state index contributed by atoms with van der Waals surface area (Å²) in [5, 5.41) is 7.09. The van der Waals surface area contributed by atoms with E-state index in [-0.39, 0.29) is 0 Å². The molecule has 0 heterocycles. The average molecular weight is 383 g/mol. The maximum Gasteiger partial charge on any atom is 0.279 e. The van der Waals surface area contributed by atoms with Gasteiger partial charge < -0.3 is 5.32 Å². The van der Waals surface area contributed by atoms with Crippen LogP contribution in [-0.4, -0.2) is 16.6 Å². The Bertz CT molecular complexity index is 487. The highest BCUT2D eigenvalue weighted by molar-refractivity contribution is 8.90. The van der Waals surface area contributed by atoms with Gasteiger partial charge in [-0.25, -0.2) is 0 Å². The van der Waals surface area contributed by atoms with Crippen LogP contribution in [0.25, 0.3) is 0 Å². The van der Waals surface area contributed by atoms with Crippen LogP contribution in [0.5, 0.6) is 0 Å². The van der Waals surface area contributed by atoms with E-state index in [1.54, 1.807) is 12.1 Å². The summed E-state index contributed by atoms with van der Waals surface area (Å²) < 4.78 is 12.9. The first-order chi connectivity index (χ1) is 9.99. The zero-order chi connectivity index (χ0) is 15.7. The summed E-state index contributed by atoms with van der Waals surface area (Å²) in [6, 6.07) is 7.23. The summed E-state index contributed by atoms with van der Waals surface area (Å²) in [5.41, 5.74) is -1.78. The van der Waals surface area contributed by atoms with Crippen molar-refractivity contribution >= 4 is 63.1 Å². The van der Waals surface area contributed by atoms with E-state index in [0.29, 0.717) is 10.1 Å². The van der Waals surface area contributed by atoms with Crippen LogP contribution in [-0.2, 0) is 4.57 Å². The second kappa shape index (κ2) is 10.0. The average Bonchev–Trinajstić information content (AvgIpc) is 2.45. The number of hydrogen-bond acceptors (Lipinski definition) is 4. The van der Waals surface area contributed by atoms with Crippen LogP contribution in [0.15, 0.2) is 24.3 Å². The number of thiocarbonyl (C=S) groups is 1. The SMILES string of the molecule is CCCSP(=O)(NC(=S)Nc1ccc(Cl)cc1)SCCC. The fourth-order valence-electron chi connectivity index (χ4n) is 1.34. The van der Waals surface area contributed by atoms with Crippen LogP contribution in [0.4, 0.5) is 5.69 Å². The molecule has 0 spiro atoms. The third kappa shape index (κ3) is 7.80. The molecule has 0 saturated carbocycles. The molecule has 0 unspecified atom stereocenters. The molecular weight excluding hydrogens is 363 g/mol. The first-order valence-electron chi connectivity index (χ1n) is 6.73. The molecule has 118 valence electrons. The largest absolute Gasteiger partial charge is 0.332 e. The molecular formula is C13H20ClN2OPS3. The Morgan fingerprint density at radius 3 is 2.19 bits per heavy atom. The first kappa shape index (κ1) is 19.2. The van der Waals surface area contributed by atoms with Gasteiger partial charge in [-0.15, -0.1) is 0 Å². The Hall–Kier alpha value is 0.130. The number of rotatable bonds is 8. The topological polar surface area (TPSA) is 41.1 Å². The van der Waals surface area contributed by atoms with Crippen LogP contribution in [0.2, 0.25) is 5.02 Å². The molecule has 21 heavy (non-hydrogen) atoms. The summed E-state index contributed by atoms with van der Waals surface area (Å²) in [4.78, 5) is 0. The minimum absolute atomic E-state index is 0.382. The molecule has 1 aromatic carbocycles. The molecule has 8 heteroatoms. The van der Waals surface area contributed by atoms with Gasteiger partial charge in [-0.2, -0.15) is 0 Å². The van der Waals surface area contributed by atoms with E-state index in [2.05, 4.69) is 24.3 Å². The minimum Gasteiger partial charge on any atom is -0.332 e. The van der Waals surface area contributed by atoms with E-state index >= 15 is 0 Å². The summed E-state index contributed by atoms with van der Waals surface area (Å²) in [6.45, 7) is 4.15. The zero-order valence-corrected chi connectivity index (χ0v) is 16.2. The highest BCUT2D eigenvalue weighted by Crippen LogP contribution is 2.65. The van der Waals surface area contributed by atoms with Crippen LogP contribution < -0.4 is 10.4 Å². The lowest BCUT2D eigenvalue weighted by Crippen LogP contribution is -2.24. The number of benzene rings is 1. The standard InChI is InChI=1S/C13H20ClN2OPS3/c1-3-9-20-18(17,21-10-4-2)16-13(19)15-12-7-5-11(14)6-8-12/h5-8H,3-4,9-10H2,1-2H3,(H2,15,16,17,19). The molecule has 0 radical (unpaired) electrons. The molecule has 0 saturated heterocycles. The Morgan fingerprint density at radius 1 is 1.19 bits per heavy atom. The quantitative estimate of drug-likeness (QED) is 0.423. The van der Waals surface area contributed by atoms with Gasteiger partial charge >= 0.3 is 0 Å². The monoisotopic (exact) mass is 382 g/mol. The van der Waals surface area contributed by atoms with Gasteiger partial charge in [-0.3, -0.25) is 9.65 Å². The molecule has 0 aliphatic heterocycles. The summed E-state index contributed by atoms with van der Waals surface area (Å²) in [7, 11) is 0. The number of hydrogen-bond donors (Lipinski definition) is 2. The predicted molar refractivity (Wildman–Crippen MR) is 104 cm³/mol. The Labute approximate surface area is 145 Å². The van der Waals surface area contributed by atoms with Gasteiger partial charge in [0.15, 0.2) is 5.11 Å². The molecule has 1 rings (SSSR count). The molecule has 0 aromatic heterocycles. The Kier molecular flexibility index (Phi) is 9.14. The van der Waals surface area contributed by atoms with Gasteiger partial charge in [0.2, 0.25) is 0 Å². The van der Waals surface area contributed by atoms with E-state index in [1.165, 1.54) is 22.8 Å². The van der Waals surface area contributed by atoms with Crippen molar-refractivity contribution in [2.45, 2.75) is 26.7 Å². The molecule has 2 N–H and O–H groups in total. The lowest BCUT2D eigenvalue weighted by atomic mass is 10.3. The van der Waals surface area contributed by atoms with E-state index in [4.69, 9.17) is 23.8 Å². The van der Waals surface area contributed by atoms with Crippen molar-refractivity contribution in [3.63, 3.8) is 0 Å². The minimum atomic E-state index is -2.60. The fraction of sp³-hybridized carbons (Fsp3) is 0.462. The smallest absolute Gasteiger partial charge is 0.279 e. The highest BCUT2D eigenvalue weighted by Gasteiger charge is 2.24. The number of halogens is 1. The molecule has 0 fully saturated rings. The van der Waals surface area contributed by atoms with Gasteiger partial charge in [-0.05, 0) is 49.3 Å². The second-order valence-corrected chi connectivity index (χ2v) is 13.0. The van der Waals surface area contributed by atoms with Gasteiger partial charge in [-0.1, -0.05) is 48.2 Å². The molecule has 3 nitrogen and oxygen atoms in total. The zero-order valence-electron chi connectivity index (χ0n) is 12.1. The molecule has 1 aromatic rings. The fourth-order valence-corrected chi connectivity index (χ4v) is 9.38. The molecule has 0 atom stereocenters. The molecule has 0 aliphatic carbocycles. The summed E-state index contributed by atoms with van der Waals surface area (Å²) in [5.74, 6) is 1.70. The van der Waals surface area contributed by atoms with E-state index in [0.717, 1.165) is 30.0 Å². The lowest BCUT2D eigenvalue weighted by molar-refractivity contribution is 0.592. The highest BCUT2D eigenvalue weighted by atomic mass is 35.5. The maximum absolute atomic E-state index is 12.9. The van der Waals surface area contributed by atoms with Crippen LogP contribution >= 0.6 is 52.3 Å². The van der Waals surface area contributed by atoms with Crippen LogP contribution in [0.1, 0.15) is 26.7 Å². The van der Waals surface area contributed by atoms with Crippen molar-refractivity contribution in [3.05, 3.63) is 29.3 Å². The van der Waals surface area contributed by atoms with Gasteiger partial charge in [0.05, 0.1) is 0 Å². The van der Waals surface area contributed by atoms with Gasteiger partial charge in [0.25, 0.3) is 5.70 Å². The first-order valence-corrected chi connectivity index (χ1v) is 12.4. The summed E-state index contributed by atoms with van der Waals surface area (Å²) in [6.07, 6.45) is 1.97. The molecule has 0 amide bonds. The number of anilines is 1. The van der Waals surface area contributed by atoms with Crippen molar-refractivity contribution < 1.29 is 4.57 Å². The summed E-state index contributed by atoms with van der Waals surface area (Å²) >= 11 is 14.0. The van der Waals surface area contributed by atoms with Crippen molar-refractivity contribution in [1.82, 2.24) is 5.09 Å². The predicted octanol–water partition coefficient (Wildman–Crippen LogP) is 6.02. The normalized spacial score (nSPS) is 11.2. The second-order valence-electron chi connectivity index (χ2n) is 4.24. The molecule has 0 aliphatic rings. The van der Waals surface area contributed by atoms with Crippen LogP contribution in [0, 0.1) is 0 Å². The Morgan fingerprint density at radius 2 is 1.71 bits per heavy atom. The van der Waals surface area contributed by atoms with E-state index < -0.39 is 5.70 Å². The third-order valence-electron chi connectivity index (χ3n) is 2.27. The van der Waals surface area contributed by atoms with Crippen molar-refractivity contribution in [2.24, 2.45) is 0 Å². The van der Waals surface area contributed by atoms with Crippen molar-refractivity contribution in [3.8, 4) is 0 Å². The third-order valence-corrected chi connectivity index (χ3v) is 10.8.